The molecule has 280 valence electrons. The summed E-state index contributed by atoms with van der Waals surface area (Å²) in [5, 5.41) is 41.1. The number of ether oxygens (including phenoxy) is 1. The van der Waals surface area contributed by atoms with E-state index in [9.17, 15) is 25.2 Å². The summed E-state index contributed by atoms with van der Waals surface area (Å²) in [6.07, 6.45) is 30.6. The maximum Gasteiger partial charge on any atom is 0.224 e. The molecule has 1 unspecified atom stereocenters. The predicted molar refractivity (Wildman–Crippen MR) is 195 cm³/mol. The van der Waals surface area contributed by atoms with Crippen LogP contribution in [0.3, 0.4) is 0 Å². The van der Waals surface area contributed by atoms with Gasteiger partial charge in [0.25, 0.3) is 0 Å². The van der Waals surface area contributed by atoms with Crippen LogP contribution in [0.2, 0.25) is 0 Å². The van der Waals surface area contributed by atoms with Gasteiger partial charge in [-0.05, 0) is 12.8 Å². The van der Waals surface area contributed by atoms with Crippen LogP contribution in [-0.2, 0) is 9.53 Å². The highest BCUT2D eigenvalue weighted by Gasteiger charge is 2.46. The van der Waals surface area contributed by atoms with Crippen molar-refractivity contribution in [2.24, 2.45) is 0 Å². The lowest BCUT2D eigenvalue weighted by Crippen LogP contribution is -2.64. The maximum absolute atomic E-state index is 13.4. The van der Waals surface area contributed by atoms with Crippen molar-refractivity contribution in [3.63, 3.8) is 0 Å². The summed E-state index contributed by atoms with van der Waals surface area (Å²) >= 11 is 0. The zero-order chi connectivity index (χ0) is 34.4. The zero-order valence-electron chi connectivity index (χ0n) is 31.1. The largest absolute Gasteiger partial charge is 0.394 e. The SMILES string of the molecule is CCCCCCCCCCCCCCCCCCN(C(=O)CCCCCCCCCCCCCCC)C1O[C@H](CO)[C@@H](O)[C@H](O)[C@H]1O. The summed E-state index contributed by atoms with van der Waals surface area (Å²) in [4.78, 5) is 15.0. The fourth-order valence-electron chi connectivity index (χ4n) is 7.00. The molecule has 7 heteroatoms. The molecule has 0 radical (unpaired) electrons. The van der Waals surface area contributed by atoms with E-state index in [0.29, 0.717) is 13.0 Å². The Morgan fingerprint density at radius 1 is 0.489 bits per heavy atom. The Labute approximate surface area is 290 Å². The fraction of sp³-hybridized carbons (Fsp3) is 0.975. The molecule has 0 aromatic heterocycles. The normalized spacial score (nSPS) is 21.4. The highest BCUT2D eigenvalue weighted by Crippen LogP contribution is 2.25. The first-order valence-electron chi connectivity index (χ1n) is 20.6. The molecule has 0 saturated carbocycles. The fourth-order valence-corrected chi connectivity index (χ4v) is 7.00. The van der Waals surface area contributed by atoms with Crippen molar-refractivity contribution in [3.05, 3.63) is 0 Å². The summed E-state index contributed by atoms with van der Waals surface area (Å²) < 4.78 is 5.81. The molecule has 1 rings (SSSR count). The van der Waals surface area contributed by atoms with Gasteiger partial charge in [0, 0.05) is 13.0 Å². The van der Waals surface area contributed by atoms with Gasteiger partial charge in [-0.2, -0.15) is 0 Å². The number of hydrogen-bond donors (Lipinski definition) is 4. The second-order valence-corrected chi connectivity index (χ2v) is 14.6. The van der Waals surface area contributed by atoms with Crippen LogP contribution in [-0.4, -0.2) is 75.0 Å². The second-order valence-electron chi connectivity index (χ2n) is 14.6. The third kappa shape index (κ3) is 21.9. The van der Waals surface area contributed by atoms with Crippen LogP contribution in [0.1, 0.15) is 206 Å². The molecule has 1 heterocycles. The first kappa shape index (κ1) is 44.3. The van der Waals surface area contributed by atoms with Crippen molar-refractivity contribution in [1.29, 1.82) is 0 Å². The molecule has 47 heavy (non-hydrogen) atoms. The first-order chi connectivity index (χ1) is 23.0. The molecule has 1 fully saturated rings. The predicted octanol–water partition coefficient (Wildman–Crippen LogP) is 9.36. The minimum absolute atomic E-state index is 0.0849. The number of aliphatic hydroxyl groups is 4. The quantitative estimate of drug-likeness (QED) is 0.0519. The van der Waals surface area contributed by atoms with Gasteiger partial charge in [-0.1, -0.05) is 187 Å². The van der Waals surface area contributed by atoms with E-state index in [1.165, 1.54) is 148 Å². The van der Waals surface area contributed by atoms with Crippen molar-refractivity contribution in [1.82, 2.24) is 4.90 Å². The Kier molecular flexibility index (Phi) is 29.5. The number of aliphatic hydroxyl groups excluding tert-OH is 4. The number of rotatable bonds is 33. The summed E-state index contributed by atoms with van der Waals surface area (Å²) in [6, 6.07) is 0. The Bertz CT molecular complexity index is 692. The Morgan fingerprint density at radius 3 is 1.19 bits per heavy atom. The molecular weight excluding hydrogens is 590 g/mol. The number of carbonyl (C=O) groups excluding carboxylic acids is 1. The van der Waals surface area contributed by atoms with E-state index in [4.69, 9.17) is 4.74 Å². The third-order valence-corrected chi connectivity index (χ3v) is 10.2. The maximum atomic E-state index is 13.4. The number of unbranched alkanes of at least 4 members (excludes halogenated alkanes) is 27. The molecule has 1 aliphatic heterocycles. The van der Waals surface area contributed by atoms with E-state index in [1.807, 2.05) is 0 Å². The van der Waals surface area contributed by atoms with Gasteiger partial charge in [0.2, 0.25) is 5.91 Å². The van der Waals surface area contributed by atoms with Crippen LogP contribution >= 0.6 is 0 Å². The van der Waals surface area contributed by atoms with Gasteiger partial charge >= 0.3 is 0 Å². The van der Waals surface area contributed by atoms with Crippen molar-refractivity contribution >= 4 is 5.91 Å². The minimum Gasteiger partial charge on any atom is -0.394 e. The average molecular weight is 670 g/mol. The van der Waals surface area contributed by atoms with Gasteiger partial charge in [0.1, 0.15) is 24.4 Å². The van der Waals surface area contributed by atoms with Crippen LogP contribution < -0.4 is 0 Å². The van der Waals surface area contributed by atoms with E-state index < -0.39 is 37.3 Å². The van der Waals surface area contributed by atoms with Crippen molar-refractivity contribution in [2.75, 3.05) is 13.2 Å². The average Bonchev–Trinajstić information content (AvgIpc) is 3.07. The molecule has 0 aromatic carbocycles. The lowest BCUT2D eigenvalue weighted by Gasteiger charge is -2.44. The molecule has 1 aliphatic rings. The van der Waals surface area contributed by atoms with Gasteiger partial charge < -0.3 is 30.1 Å². The van der Waals surface area contributed by atoms with Crippen molar-refractivity contribution in [2.45, 2.75) is 237 Å². The van der Waals surface area contributed by atoms with Crippen LogP contribution in [0.5, 0.6) is 0 Å². The summed E-state index contributed by atoms with van der Waals surface area (Å²) in [7, 11) is 0. The molecule has 7 nitrogen and oxygen atoms in total. The molecular formula is C40H79NO6. The van der Waals surface area contributed by atoms with Crippen LogP contribution in [0.4, 0.5) is 0 Å². The lowest BCUT2D eigenvalue weighted by atomic mass is 9.97. The highest BCUT2D eigenvalue weighted by molar-refractivity contribution is 5.76. The lowest BCUT2D eigenvalue weighted by molar-refractivity contribution is -0.262. The Hall–Kier alpha value is -0.730. The molecule has 1 saturated heterocycles. The molecule has 0 aromatic rings. The van der Waals surface area contributed by atoms with Crippen LogP contribution in [0.15, 0.2) is 0 Å². The van der Waals surface area contributed by atoms with Crippen molar-refractivity contribution in [3.8, 4) is 0 Å². The molecule has 1 amide bonds. The summed E-state index contributed by atoms with van der Waals surface area (Å²) in [6.45, 7) is 4.49. The molecule has 0 spiro atoms. The molecule has 4 N–H and O–H groups in total. The van der Waals surface area contributed by atoms with E-state index in [2.05, 4.69) is 13.8 Å². The topological polar surface area (TPSA) is 110 Å². The Morgan fingerprint density at radius 2 is 0.830 bits per heavy atom. The molecule has 5 atom stereocenters. The van der Waals surface area contributed by atoms with Gasteiger partial charge in [-0.3, -0.25) is 4.79 Å². The number of nitrogens with zero attached hydrogens (tertiary/aromatic N) is 1. The first-order valence-corrected chi connectivity index (χ1v) is 20.6. The van der Waals surface area contributed by atoms with E-state index >= 15 is 0 Å². The minimum atomic E-state index is -1.47. The van der Waals surface area contributed by atoms with E-state index in [1.54, 1.807) is 4.90 Å². The highest BCUT2D eigenvalue weighted by atomic mass is 16.6. The molecule has 0 bridgehead atoms. The monoisotopic (exact) mass is 670 g/mol. The Balaban J connectivity index is 2.30. The second kappa shape index (κ2) is 31.3. The summed E-state index contributed by atoms with van der Waals surface area (Å²) in [5.74, 6) is -0.0849. The molecule has 0 aliphatic carbocycles. The van der Waals surface area contributed by atoms with Gasteiger partial charge in [-0.25, -0.2) is 0 Å². The van der Waals surface area contributed by atoms with Crippen LogP contribution in [0, 0.1) is 0 Å². The van der Waals surface area contributed by atoms with Gasteiger partial charge in [0.15, 0.2) is 6.23 Å². The number of amides is 1. The van der Waals surface area contributed by atoms with Crippen molar-refractivity contribution < 1.29 is 30.0 Å². The third-order valence-electron chi connectivity index (χ3n) is 10.2. The number of carbonyl (C=O) groups is 1. The number of hydrogen-bond acceptors (Lipinski definition) is 6. The van der Waals surface area contributed by atoms with E-state index in [0.717, 1.165) is 38.5 Å². The van der Waals surface area contributed by atoms with E-state index in [-0.39, 0.29) is 5.91 Å². The van der Waals surface area contributed by atoms with Gasteiger partial charge in [-0.15, -0.1) is 0 Å². The smallest absolute Gasteiger partial charge is 0.224 e. The van der Waals surface area contributed by atoms with Crippen LogP contribution in [0.25, 0.3) is 0 Å². The van der Waals surface area contributed by atoms with Gasteiger partial charge in [0.05, 0.1) is 6.61 Å². The zero-order valence-corrected chi connectivity index (χ0v) is 31.1. The summed E-state index contributed by atoms with van der Waals surface area (Å²) in [5.41, 5.74) is 0. The standard InChI is InChI=1S/C40H79NO6/c1-3-5-7-9-11-13-15-17-18-19-21-23-25-27-29-31-33-41(40-39(46)38(45)37(44)35(34-42)47-40)36(43)32-30-28-26-24-22-20-16-14-12-10-8-6-4-2/h35,37-40,42,44-46H,3-34H2,1-2H3/t35-,37-,38+,39-,40?/m1/s1.